The Labute approximate surface area is 99.8 Å². The Morgan fingerprint density at radius 3 is 2.82 bits per heavy atom. The second-order valence-electron chi connectivity index (χ2n) is 3.68. The third-order valence-electron chi connectivity index (χ3n) is 2.51. The number of hydrazine groups is 1. The van der Waals surface area contributed by atoms with Crippen LogP contribution in [0.5, 0.6) is 0 Å². The van der Waals surface area contributed by atoms with Crippen LogP contribution < -0.4 is 16.6 Å². The summed E-state index contributed by atoms with van der Waals surface area (Å²) in [6.45, 7) is 0.806. The van der Waals surface area contributed by atoms with E-state index in [1.165, 1.54) is 5.69 Å². The fourth-order valence-corrected chi connectivity index (χ4v) is 1.58. The van der Waals surface area contributed by atoms with Crippen LogP contribution in [0, 0.1) is 0 Å². The van der Waals surface area contributed by atoms with Gasteiger partial charge in [0.25, 0.3) is 0 Å². The monoisotopic (exact) mass is 232 g/mol. The normalized spacial score (nSPS) is 10.2. The lowest BCUT2D eigenvalue weighted by molar-refractivity contribution is 0.711. The molecule has 0 amide bonds. The van der Waals surface area contributed by atoms with E-state index in [0.717, 1.165) is 18.8 Å². The van der Waals surface area contributed by atoms with Gasteiger partial charge >= 0.3 is 0 Å². The molecule has 0 aliphatic rings. The number of anilines is 2. The fourth-order valence-electron chi connectivity index (χ4n) is 1.58. The van der Waals surface area contributed by atoms with Crippen molar-refractivity contribution in [1.29, 1.82) is 0 Å². The first-order valence-corrected chi connectivity index (χ1v) is 5.44. The number of aromatic nitrogens is 3. The Morgan fingerprint density at radius 1 is 1.29 bits per heavy atom. The van der Waals surface area contributed by atoms with Crippen molar-refractivity contribution in [1.82, 2.24) is 14.8 Å². The van der Waals surface area contributed by atoms with Crippen LogP contribution in [0.15, 0.2) is 30.5 Å². The maximum Gasteiger partial charge on any atom is 0.142 e. The molecule has 6 heteroatoms. The van der Waals surface area contributed by atoms with Gasteiger partial charge in [0.1, 0.15) is 11.6 Å². The highest BCUT2D eigenvalue weighted by Crippen LogP contribution is 2.08. The largest absolute Gasteiger partial charge is 0.370 e. The first kappa shape index (κ1) is 11.4. The standard InChI is InChI=1S/C11H16N6/c1-17-9(6-8-14-17)5-7-13-10-3-2-4-11(15-10)16-12/h2-4,6,8H,5,7,12H2,1H3,(H2,13,15,16). The lowest BCUT2D eigenvalue weighted by Crippen LogP contribution is -2.12. The number of nitrogens with one attached hydrogen (secondary N) is 2. The van der Waals surface area contributed by atoms with Gasteiger partial charge in [-0.1, -0.05) is 6.07 Å². The second kappa shape index (κ2) is 5.31. The van der Waals surface area contributed by atoms with Crippen LogP contribution in [0.4, 0.5) is 11.6 Å². The molecule has 6 nitrogen and oxygen atoms in total. The molecule has 0 aliphatic carbocycles. The summed E-state index contributed by atoms with van der Waals surface area (Å²) in [7, 11) is 1.94. The number of hydrogen-bond donors (Lipinski definition) is 3. The van der Waals surface area contributed by atoms with Gasteiger partial charge in [0.15, 0.2) is 0 Å². The van der Waals surface area contributed by atoms with E-state index in [4.69, 9.17) is 5.84 Å². The van der Waals surface area contributed by atoms with E-state index < -0.39 is 0 Å². The fraction of sp³-hybridized carbons (Fsp3) is 0.273. The quantitative estimate of drug-likeness (QED) is 0.523. The van der Waals surface area contributed by atoms with Crippen LogP contribution in [0.1, 0.15) is 5.69 Å². The zero-order valence-electron chi connectivity index (χ0n) is 9.72. The Kier molecular flexibility index (Phi) is 3.56. The summed E-state index contributed by atoms with van der Waals surface area (Å²) in [6, 6.07) is 7.62. The number of hydrogen-bond acceptors (Lipinski definition) is 5. The molecule has 2 heterocycles. The molecule has 0 aliphatic heterocycles. The number of pyridine rings is 1. The number of nitrogen functional groups attached to an aromatic ring is 1. The van der Waals surface area contributed by atoms with Crippen LogP contribution in [0.3, 0.4) is 0 Å². The molecular formula is C11H16N6. The van der Waals surface area contributed by atoms with Crippen LogP contribution >= 0.6 is 0 Å². The van der Waals surface area contributed by atoms with Gasteiger partial charge in [-0.15, -0.1) is 0 Å². The van der Waals surface area contributed by atoms with Crippen LogP contribution in [-0.4, -0.2) is 21.3 Å². The smallest absolute Gasteiger partial charge is 0.142 e. The van der Waals surface area contributed by atoms with Gasteiger partial charge in [-0.2, -0.15) is 5.10 Å². The molecule has 2 rings (SSSR count). The molecule has 0 saturated heterocycles. The third kappa shape index (κ3) is 2.94. The highest BCUT2D eigenvalue weighted by atomic mass is 15.3. The molecule has 0 unspecified atom stereocenters. The molecule has 0 aromatic carbocycles. The molecule has 4 N–H and O–H groups in total. The minimum atomic E-state index is 0.649. The lowest BCUT2D eigenvalue weighted by atomic mass is 10.3. The zero-order valence-corrected chi connectivity index (χ0v) is 9.72. The summed E-state index contributed by atoms with van der Waals surface area (Å²) in [6.07, 6.45) is 2.70. The van der Waals surface area contributed by atoms with Crippen LogP contribution in [0.2, 0.25) is 0 Å². The van der Waals surface area contributed by atoms with E-state index in [9.17, 15) is 0 Å². The van der Waals surface area contributed by atoms with Crippen molar-refractivity contribution in [2.45, 2.75) is 6.42 Å². The summed E-state index contributed by atoms with van der Waals surface area (Å²) >= 11 is 0. The molecule has 2 aromatic heterocycles. The highest BCUT2D eigenvalue weighted by molar-refractivity contribution is 5.44. The van der Waals surface area contributed by atoms with Crippen molar-refractivity contribution in [3.8, 4) is 0 Å². The summed E-state index contributed by atoms with van der Waals surface area (Å²) in [5.74, 6) is 6.75. The molecule has 90 valence electrons. The van der Waals surface area contributed by atoms with E-state index in [1.807, 2.05) is 36.0 Å². The predicted molar refractivity (Wildman–Crippen MR) is 67.4 cm³/mol. The van der Waals surface area contributed by atoms with Gasteiger partial charge < -0.3 is 10.7 Å². The average Bonchev–Trinajstić information content (AvgIpc) is 2.76. The molecule has 0 spiro atoms. The molecule has 2 aromatic rings. The minimum Gasteiger partial charge on any atom is -0.370 e. The highest BCUT2D eigenvalue weighted by Gasteiger charge is 1.99. The first-order valence-electron chi connectivity index (χ1n) is 5.44. The Hall–Kier alpha value is -2.08. The summed E-state index contributed by atoms with van der Waals surface area (Å²) in [5.41, 5.74) is 3.70. The van der Waals surface area contributed by atoms with Crippen molar-refractivity contribution in [2.24, 2.45) is 12.9 Å². The second-order valence-corrected chi connectivity index (χ2v) is 3.68. The van der Waals surface area contributed by atoms with Crippen molar-refractivity contribution in [2.75, 3.05) is 17.3 Å². The lowest BCUT2D eigenvalue weighted by Gasteiger charge is -2.07. The van der Waals surface area contributed by atoms with Crippen LogP contribution in [-0.2, 0) is 13.5 Å². The van der Waals surface area contributed by atoms with Crippen molar-refractivity contribution < 1.29 is 0 Å². The molecule has 0 bridgehead atoms. The van der Waals surface area contributed by atoms with E-state index in [1.54, 1.807) is 6.20 Å². The van der Waals surface area contributed by atoms with Gasteiger partial charge in [0, 0.05) is 31.9 Å². The Bertz CT molecular complexity index is 478. The number of rotatable bonds is 5. The topological polar surface area (TPSA) is 80.8 Å². The Balaban J connectivity index is 1.87. The Morgan fingerprint density at radius 2 is 2.12 bits per heavy atom. The molecule has 0 saturated carbocycles. The SMILES string of the molecule is Cn1nccc1CCNc1cccc(NN)n1. The van der Waals surface area contributed by atoms with Gasteiger partial charge in [0.05, 0.1) is 0 Å². The van der Waals surface area contributed by atoms with Gasteiger partial charge in [0.2, 0.25) is 0 Å². The van der Waals surface area contributed by atoms with E-state index in [0.29, 0.717) is 5.82 Å². The molecule has 0 fully saturated rings. The third-order valence-corrected chi connectivity index (χ3v) is 2.51. The predicted octanol–water partition coefficient (Wildman–Crippen LogP) is 0.755. The summed E-state index contributed by atoms with van der Waals surface area (Å²) in [5, 5.41) is 7.35. The van der Waals surface area contributed by atoms with Gasteiger partial charge in [-0.05, 0) is 18.2 Å². The van der Waals surface area contributed by atoms with E-state index in [2.05, 4.69) is 20.8 Å². The van der Waals surface area contributed by atoms with Crippen LogP contribution in [0.25, 0.3) is 0 Å². The maximum absolute atomic E-state index is 5.29. The van der Waals surface area contributed by atoms with Crippen molar-refractivity contribution >= 4 is 11.6 Å². The molecular weight excluding hydrogens is 216 g/mol. The zero-order chi connectivity index (χ0) is 12.1. The maximum atomic E-state index is 5.29. The van der Waals surface area contributed by atoms with E-state index in [-0.39, 0.29) is 0 Å². The molecule has 0 atom stereocenters. The molecule has 0 radical (unpaired) electrons. The van der Waals surface area contributed by atoms with E-state index >= 15 is 0 Å². The minimum absolute atomic E-state index is 0.649. The summed E-state index contributed by atoms with van der Waals surface area (Å²) < 4.78 is 1.87. The number of aryl methyl sites for hydroxylation is 1. The first-order chi connectivity index (χ1) is 8.29. The number of nitrogens with zero attached hydrogens (tertiary/aromatic N) is 3. The van der Waals surface area contributed by atoms with Gasteiger partial charge in [-0.3, -0.25) is 4.68 Å². The van der Waals surface area contributed by atoms with Crippen molar-refractivity contribution in [3.05, 3.63) is 36.2 Å². The average molecular weight is 232 g/mol. The van der Waals surface area contributed by atoms with Gasteiger partial charge in [-0.25, -0.2) is 10.8 Å². The summed E-state index contributed by atoms with van der Waals surface area (Å²) in [4.78, 5) is 4.26. The van der Waals surface area contributed by atoms with Crippen molar-refractivity contribution in [3.63, 3.8) is 0 Å². The number of nitrogens with two attached hydrogens (primary N) is 1. The molecule has 17 heavy (non-hydrogen) atoms.